The Kier molecular flexibility index (Phi) is 4.97. The van der Waals surface area contributed by atoms with Gasteiger partial charge in [0.1, 0.15) is 5.60 Å². The number of likely N-dealkylation sites (tertiary alicyclic amines) is 1. The monoisotopic (exact) mass is 349 g/mol. The maximum absolute atomic E-state index is 13.6. The van der Waals surface area contributed by atoms with E-state index in [-0.39, 0.29) is 35.8 Å². The molecule has 2 heterocycles. The van der Waals surface area contributed by atoms with Gasteiger partial charge in [-0.25, -0.2) is 4.39 Å². The van der Waals surface area contributed by atoms with Crippen LogP contribution in [0.15, 0.2) is 24.3 Å². The standard InChI is InChI=1S/C19H24FNO4/c1-19(2)14(10-17(22)25-19)18(23)21-9-5-6-13(11-21)12-24-16-8-4-3-7-15(16)20/h3-4,7-8,13-14H,5-6,9-12H2,1-2H3. The fourth-order valence-corrected chi connectivity index (χ4v) is 3.59. The minimum atomic E-state index is -0.759. The zero-order valence-electron chi connectivity index (χ0n) is 14.7. The molecule has 2 atom stereocenters. The molecule has 1 amide bonds. The zero-order chi connectivity index (χ0) is 18.0. The number of hydrogen-bond donors (Lipinski definition) is 0. The molecule has 0 bridgehead atoms. The fourth-order valence-electron chi connectivity index (χ4n) is 3.59. The number of benzene rings is 1. The van der Waals surface area contributed by atoms with Crippen molar-refractivity contribution in [2.75, 3.05) is 19.7 Å². The Bertz CT molecular complexity index is 661. The van der Waals surface area contributed by atoms with Crippen molar-refractivity contribution in [1.29, 1.82) is 0 Å². The maximum Gasteiger partial charge on any atom is 0.307 e. The molecule has 2 saturated heterocycles. The molecular formula is C19H24FNO4. The number of cyclic esters (lactones) is 1. The molecule has 136 valence electrons. The Morgan fingerprint density at radius 1 is 1.40 bits per heavy atom. The van der Waals surface area contributed by atoms with Crippen LogP contribution in [0.3, 0.4) is 0 Å². The number of nitrogens with zero attached hydrogens (tertiary/aromatic N) is 1. The summed E-state index contributed by atoms with van der Waals surface area (Å²) in [5.74, 6) is -0.785. The summed E-state index contributed by atoms with van der Waals surface area (Å²) in [6.45, 7) is 5.17. The highest BCUT2D eigenvalue weighted by Gasteiger charge is 2.47. The van der Waals surface area contributed by atoms with Crippen LogP contribution in [0.25, 0.3) is 0 Å². The predicted molar refractivity (Wildman–Crippen MR) is 89.5 cm³/mol. The van der Waals surface area contributed by atoms with Gasteiger partial charge in [0.25, 0.3) is 0 Å². The van der Waals surface area contributed by atoms with Crippen LogP contribution in [0.2, 0.25) is 0 Å². The van der Waals surface area contributed by atoms with Crippen LogP contribution >= 0.6 is 0 Å². The zero-order valence-corrected chi connectivity index (χ0v) is 14.7. The van der Waals surface area contributed by atoms with Crippen molar-refractivity contribution in [3.8, 4) is 5.75 Å². The van der Waals surface area contributed by atoms with Crippen LogP contribution in [0.1, 0.15) is 33.1 Å². The molecule has 0 N–H and O–H groups in total. The number of esters is 1. The first kappa shape index (κ1) is 17.7. The first-order valence-electron chi connectivity index (χ1n) is 8.75. The van der Waals surface area contributed by atoms with E-state index in [1.54, 1.807) is 36.9 Å². The van der Waals surface area contributed by atoms with Gasteiger partial charge in [0.2, 0.25) is 5.91 Å². The summed E-state index contributed by atoms with van der Waals surface area (Å²) in [4.78, 5) is 26.2. The Labute approximate surface area is 147 Å². The van der Waals surface area contributed by atoms with Crippen molar-refractivity contribution in [3.05, 3.63) is 30.1 Å². The van der Waals surface area contributed by atoms with Crippen molar-refractivity contribution >= 4 is 11.9 Å². The van der Waals surface area contributed by atoms with Gasteiger partial charge in [-0.3, -0.25) is 9.59 Å². The van der Waals surface area contributed by atoms with Gasteiger partial charge in [0.05, 0.1) is 18.9 Å². The van der Waals surface area contributed by atoms with E-state index < -0.39 is 11.5 Å². The van der Waals surface area contributed by atoms with Gasteiger partial charge in [-0.05, 0) is 38.8 Å². The molecule has 1 aromatic rings. The molecular weight excluding hydrogens is 325 g/mol. The Morgan fingerprint density at radius 2 is 2.16 bits per heavy atom. The highest BCUT2D eigenvalue weighted by molar-refractivity contribution is 5.87. The van der Waals surface area contributed by atoms with Crippen molar-refractivity contribution in [2.45, 2.75) is 38.7 Å². The van der Waals surface area contributed by atoms with Crippen molar-refractivity contribution in [1.82, 2.24) is 4.90 Å². The summed E-state index contributed by atoms with van der Waals surface area (Å²) in [6, 6.07) is 6.32. The van der Waals surface area contributed by atoms with Crippen LogP contribution < -0.4 is 4.74 Å². The lowest BCUT2D eigenvalue weighted by molar-refractivity contribution is -0.149. The third-order valence-corrected chi connectivity index (χ3v) is 5.03. The summed E-state index contributed by atoms with van der Waals surface area (Å²) in [6.07, 6.45) is 1.94. The Morgan fingerprint density at radius 3 is 2.84 bits per heavy atom. The van der Waals surface area contributed by atoms with Gasteiger partial charge in [0, 0.05) is 19.0 Å². The van der Waals surface area contributed by atoms with Crippen molar-refractivity contribution in [2.24, 2.45) is 11.8 Å². The van der Waals surface area contributed by atoms with Gasteiger partial charge in [-0.15, -0.1) is 0 Å². The van der Waals surface area contributed by atoms with Gasteiger partial charge in [0.15, 0.2) is 11.6 Å². The van der Waals surface area contributed by atoms with E-state index in [0.717, 1.165) is 12.8 Å². The van der Waals surface area contributed by atoms with Gasteiger partial charge >= 0.3 is 5.97 Å². The van der Waals surface area contributed by atoms with Crippen molar-refractivity contribution < 1.29 is 23.5 Å². The van der Waals surface area contributed by atoms with E-state index >= 15 is 0 Å². The molecule has 0 aliphatic carbocycles. The van der Waals surface area contributed by atoms with Gasteiger partial charge in [-0.2, -0.15) is 0 Å². The van der Waals surface area contributed by atoms with Gasteiger partial charge < -0.3 is 14.4 Å². The molecule has 6 heteroatoms. The molecule has 3 rings (SSSR count). The number of carbonyl (C=O) groups excluding carboxylic acids is 2. The summed E-state index contributed by atoms with van der Waals surface area (Å²) < 4.78 is 24.5. The van der Waals surface area contributed by atoms with Crippen LogP contribution in [0.4, 0.5) is 4.39 Å². The number of halogens is 1. The lowest BCUT2D eigenvalue weighted by Crippen LogP contribution is -2.48. The molecule has 5 nitrogen and oxygen atoms in total. The van der Waals surface area contributed by atoms with E-state index in [4.69, 9.17) is 9.47 Å². The number of carbonyl (C=O) groups is 2. The predicted octanol–water partition coefficient (Wildman–Crippen LogP) is 2.78. The normalized spacial score (nSPS) is 25.6. The molecule has 2 aliphatic heterocycles. The summed E-state index contributed by atoms with van der Waals surface area (Å²) >= 11 is 0. The summed E-state index contributed by atoms with van der Waals surface area (Å²) in [7, 11) is 0. The molecule has 0 radical (unpaired) electrons. The molecule has 2 unspecified atom stereocenters. The molecule has 0 spiro atoms. The third kappa shape index (κ3) is 3.94. The van der Waals surface area contributed by atoms with Crippen molar-refractivity contribution in [3.63, 3.8) is 0 Å². The maximum atomic E-state index is 13.6. The van der Waals surface area contributed by atoms with Crippen LogP contribution in [0, 0.1) is 17.7 Å². The smallest absolute Gasteiger partial charge is 0.307 e. The lowest BCUT2D eigenvalue weighted by Gasteiger charge is -2.36. The minimum absolute atomic E-state index is 0.0357. The molecule has 2 fully saturated rings. The van der Waals surface area contributed by atoms with E-state index in [1.807, 2.05) is 0 Å². The lowest BCUT2D eigenvalue weighted by atomic mass is 9.88. The number of hydrogen-bond acceptors (Lipinski definition) is 4. The average molecular weight is 349 g/mol. The second kappa shape index (κ2) is 7.02. The molecule has 0 saturated carbocycles. The fraction of sp³-hybridized carbons (Fsp3) is 0.579. The number of rotatable bonds is 4. The minimum Gasteiger partial charge on any atom is -0.490 e. The number of para-hydroxylation sites is 1. The highest BCUT2D eigenvalue weighted by atomic mass is 19.1. The Balaban J connectivity index is 1.58. The SMILES string of the molecule is CC1(C)OC(=O)CC1C(=O)N1CCCC(COc2ccccc2F)C1. The highest BCUT2D eigenvalue weighted by Crippen LogP contribution is 2.34. The molecule has 1 aromatic carbocycles. The molecule has 25 heavy (non-hydrogen) atoms. The second-order valence-corrected chi connectivity index (χ2v) is 7.37. The summed E-state index contributed by atoms with van der Waals surface area (Å²) in [5, 5.41) is 0. The second-order valence-electron chi connectivity index (χ2n) is 7.37. The summed E-state index contributed by atoms with van der Waals surface area (Å²) in [5.41, 5.74) is -0.759. The average Bonchev–Trinajstić information content (AvgIpc) is 2.86. The largest absolute Gasteiger partial charge is 0.490 e. The van der Waals surface area contributed by atoms with Crippen LogP contribution in [0.5, 0.6) is 5.75 Å². The topological polar surface area (TPSA) is 55.8 Å². The van der Waals surface area contributed by atoms with Crippen LogP contribution in [-0.4, -0.2) is 42.1 Å². The van der Waals surface area contributed by atoms with E-state index in [1.165, 1.54) is 6.07 Å². The first-order chi connectivity index (χ1) is 11.9. The number of amides is 1. The number of piperidine rings is 1. The Hall–Kier alpha value is -2.11. The number of ether oxygens (including phenoxy) is 2. The first-order valence-corrected chi connectivity index (χ1v) is 8.75. The van der Waals surface area contributed by atoms with E-state index in [9.17, 15) is 14.0 Å². The van der Waals surface area contributed by atoms with Crippen LogP contribution in [-0.2, 0) is 14.3 Å². The third-order valence-electron chi connectivity index (χ3n) is 5.03. The van der Waals surface area contributed by atoms with Gasteiger partial charge in [-0.1, -0.05) is 12.1 Å². The van der Waals surface area contributed by atoms with E-state index in [2.05, 4.69) is 0 Å². The molecule has 0 aromatic heterocycles. The molecule has 2 aliphatic rings. The van der Waals surface area contributed by atoms with E-state index in [0.29, 0.717) is 19.7 Å². The quantitative estimate of drug-likeness (QED) is 0.785.